The Morgan fingerprint density at radius 1 is 0.971 bits per heavy atom. The molecule has 0 N–H and O–H groups in total. The Morgan fingerprint density at radius 2 is 1.79 bits per heavy atom. The highest BCUT2D eigenvalue weighted by Gasteiger charge is 2.28. The van der Waals surface area contributed by atoms with Crippen LogP contribution in [-0.4, -0.2) is 66.9 Å². The van der Waals surface area contributed by atoms with Crippen molar-refractivity contribution in [3.05, 3.63) is 58.5 Å². The zero-order valence-corrected chi connectivity index (χ0v) is 20.3. The number of morpholine rings is 1. The molecule has 10 heteroatoms. The number of hydrogen-bond donors (Lipinski definition) is 0. The summed E-state index contributed by atoms with van der Waals surface area (Å²) in [6.45, 7) is 7.12. The maximum Gasteiger partial charge on any atom is 0.228 e. The van der Waals surface area contributed by atoms with Crippen LogP contribution in [0, 0.1) is 5.82 Å². The molecule has 0 amide bonds. The molecule has 0 bridgehead atoms. The third kappa shape index (κ3) is 4.76. The molecule has 2 aliphatic rings. The van der Waals surface area contributed by atoms with E-state index in [2.05, 4.69) is 26.6 Å². The van der Waals surface area contributed by atoms with E-state index in [1.165, 1.54) is 6.07 Å². The van der Waals surface area contributed by atoms with Gasteiger partial charge in [0.05, 0.1) is 29.0 Å². The summed E-state index contributed by atoms with van der Waals surface area (Å²) >= 11 is 12.5. The molecule has 4 heterocycles. The monoisotopic (exact) mass is 502 g/mol. The first-order chi connectivity index (χ1) is 16.5. The highest BCUT2D eigenvalue weighted by Crippen LogP contribution is 2.31. The number of nitrogens with zero attached hydrogens (tertiary/aromatic N) is 6. The van der Waals surface area contributed by atoms with Crippen LogP contribution in [0.2, 0.25) is 10.0 Å². The van der Waals surface area contributed by atoms with Crippen LogP contribution < -0.4 is 14.7 Å². The molecule has 7 nitrogen and oxygen atoms in total. The summed E-state index contributed by atoms with van der Waals surface area (Å²) in [5.41, 5.74) is 1.45. The molecule has 0 spiro atoms. The summed E-state index contributed by atoms with van der Waals surface area (Å²) in [4.78, 5) is 20.8. The average Bonchev–Trinajstić information content (AvgIpc) is 2.86. The van der Waals surface area contributed by atoms with Gasteiger partial charge in [0.15, 0.2) is 0 Å². The van der Waals surface area contributed by atoms with Crippen LogP contribution in [0.15, 0.2) is 42.6 Å². The predicted octanol–water partition coefficient (Wildman–Crippen LogP) is 4.54. The summed E-state index contributed by atoms with van der Waals surface area (Å²) in [7, 11) is 0. The maximum absolute atomic E-state index is 13.8. The topological polar surface area (TPSA) is 57.6 Å². The molecule has 1 atom stereocenters. The molecule has 5 rings (SSSR count). The number of piperazine rings is 1. The van der Waals surface area contributed by atoms with Gasteiger partial charge in [-0.2, -0.15) is 4.98 Å². The van der Waals surface area contributed by atoms with E-state index in [-0.39, 0.29) is 11.1 Å². The van der Waals surface area contributed by atoms with Crippen molar-refractivity contribution in [2.45, 2.75) is 13.0 Å². The van der Waals surface area contributed by atoms with Crippen LogP contribution >= 0.6 is 23.2 Å². The fourth-order valence-electron chi connectivity index (χ4n) is 4.38. The second-order valence-electron chi connectivity index (χ2n) is 8.44. The third-order valence-corrected chi connectivity index (χ3v) is 6.76. The normalized spacial score (nSPS) is 18.9. The Morgan fingerprint density at radius 3 is 2.53 bits per heavy atom. The summed E-state index contributed by atoms with van der Waals surface area (Å²) in [6, 6.07) is 10.5. The Hall–Kier alpha value is -2.68. The fourth-order valence-corrected chi connectivity index (χ4v) is 4.80. The van der Waals surface area contributed by atoms with E-state index in [0.29, 0.717) is 43.0 Å². The minimum Gasteiger partial charge on any atom is -0.378 e. The van der Waals surface area contributed by atoms with Gasteiger partial charge >= 0.3 is 0 Å². The van der Waals surface area contributed by atoms with Crippen LogP contribution in [-0.2, 0) is 4.74 Å². The number of aromatic nitrogens is 3. The lowest BCUT2D eigenvalue weighted by Crippen LogP contribution is -2.53. The van der Waals surface area contributed by atoms with Crippen LogP contribution in [0.1, 0.15) is 6.92 Å². The van der Waals surface area contributed by atoms with Crippen LogP contribution in [0.25, 0.3) is 11.3 Å². The highest BCUT2D eigenvalue weighted by molar-refractivity contribution is 6.33. The summed E-state index contributed by atoms with van der Waals surface area (Å²) in [6.07, 6.45) is 1.76. The van der Waals surface area contributed by atoms with E-state index >= 15 is 0 Å². The molecular formula is C24H25Cl2FN6O. The molecule has 3 aromatic rings. The number of hydrogen-bond acceptors (Lipinski definition) is 7. The second-order valence-corrected chi connectivity index (χ2v) is 9.25. The first-order valence-corrected chi connectivity index (χ1v) is 12.0. The lowest BCUT2D eigenvalue weighted by atomic mass is 10.1. The summed E-state index contributed by atoms with van der Waals surface area (Å²) in [5.74, 6) is 1.81. The SMILES string of the molecule is C[C@@H]1CN(c2ncccc2Cl)CCN1c1cc(-c2ccc(F)c(Cl)c2)nc(N2CCOCC2)n1. The van der Waals surface area contributed by atoms with Gasteiger partial charge in [0, 0.05) is 56.6 Å². The van der Waals surface area contributed by atoms with Crippen LogP contribution in [0.3, 0.4) is 0 Å². The molecule has 2 fully saturated rings. The number of benzene rings is 1. The number of ether oxygens (including phenoxy) is 1. The summed E-state index contributed by atoms with van der Waals surface area (Å²) in [5, 5.41) is 0.718. The zero-order valence-electron chi connectivity index (χ0n) is 18.8. The number of halogens is 3. The van der Waals surface area contributed by atoms with Gasteiger partial charge in [0.2, 0.25) is 5.95 Å². The van der Waals surface area contributed by atoms with Gasteiger partial charge in [-0.1, -0.05) is 23.2 Å². The van der Waals surface area contributed by atoms with Crippen molar-refractivity contribution in [3.63, 3.8) is 0 Å². The number of pyridine rings is 1. The largest absolute Gasteiger partial charge is 0.378 e. The molecule has 34 heavy (non-hydrogen) atoms. The molecule has 0 aliphatic carbocycles. The Labute approximate surface area is 208 Å². The lowest BCUT2D eigenvalue weighted by Gasteiger charge is -2.41. The standard InChI is InChI=1S/C24H25Cl2FN6O/c1-16-15-32(23-18(25)3-2-6-28-23)7-8-33(16)22-14-21(17-4-5-20(27)19(26)13-17)29-24(30-22)31-9-11-34-12-10-31/h2-6,13-14,16H,7-12,15H2,1H3/t16-/m1/s1. The number of anilines is 3. The van der Waals surface area contributed by atoms with E-state index in [9.17, 15) is 4.39 Å². The minimum atomic E-state index is -0.453. The van der Waals surface area contributed by atoms with E-state index in [1.807, 2.05) is 18.2 Å². The molecule has 2 aliphatic heterocycles. The van der Waals surface area contributed by atoms with Crippen LogP contribution in [0.5, 0.6) is 0 Å². The summed E-state index contributed by atoms with van der Waals surface area (Å²) < 4.78 is 19.3. The van der Waals surface area contributed by atoms with E-state index in [0.717, 1.165) is 36.8 Å². The van der Waals surface area contributed by atoms with Crippen molar-refractivity contribution in [1.29, 1.82) is 0 Å². The van der Waals surface area contributed by atoms with Gasteiger partial charge in [-0.05, 0) is 37.3 Å². The van der Waals surface area contributed by atoms with E-state index < -0.39 is 5.82 Å². The molecule has 0 unspecified atom stereocenters. The molecule has 0 radical (unpaired) electrons. The fraction of sp³-hybridized carbons (Fsp3) is 0.375. The average molecular weight is 503 g/mol. The van der Waals surface area contributed by atoms with Crippen molar-refractivity contribution in [2.75, 3.05) is 60.6 Å². The molecule has 2 saturated heterocycles. The lowest BCUT2D eigenvalue weighted by molar-refractivity contribution is 0.122. The quantitative estimate of drug-likeness (QED) is 0.519. The van der Waals surface area contributed by atoms with Crippen LogP contribution in [0.4, 0.5) is 22.0 Å². The Bertz CT molecular complexity index is 1180. The predicted molar refractivity (Wildman–Crippen MR) is 134 cm³/mol. The molecule has 1 aromatic carbocycles. The first-order valence-electron chi connectivity index (χ1n) is 11.3. The van der Waals surface area contributed by atoms with Crippen molar-refractivity contribution < 1.29 is 9.13 Å². The van der Waals surface area contributed by atoms with Crippen molar-refractivity contribution in [2.24, 2.45) is 0 Å². The smallest absolute Gasteiger partial charge is 0.228 e. The van der Waals surface area contributed by atoms with Gasteiger partial charge in [-0.3, -0.25) is 0 Å². The Balaban J connectivity index is 1.47. The molecule has 0 saturated carbocycles. The maximum atomic E-state index is 13.8. The van der Waals surface area contributed by atoms with Crippen molar-refractivity contribution in [3.8, 4) is 11.3 Å². The molecule has 178 valence electrons. The van der Waals surface area contributed by atoms with Crippen molar-refractivity contribution in [1.82, 2.24) is 15.0 Å². The Kier molecular flexibility index (Phi) is 6.72. The van der Waals surface area contributed by atoms with Crippen molar-refractivity contribution >= 4 is 40.8 Å². The first kappa shape index (κ1) is 23.1. The molecular weight excluding hydrogens is 478 g/mol. The van der Waals surface area contributed by atoms with E-state index in [1.54, 1.807) is 18.3 Å². The zero-order chi connectivity index (χ0) is 23.7. The van der Waals surface area contributed by atoms with Gasteiger partial charge < -0.3 is 19.4 Å². The minimum absolute atomic E-state index is 0.0693. The van der Waals surface area contributed by atoms with Gasteiger partial charge in [0.25, 0.3) is 0 Å². The second kappa shape index (κ2) is 9.90. The third-order valence-electron chi connectivity index (χ3n) is 6.17. The molecule has 2 aromatic heterocycles. The number of rotatable bonds is 4. The highest BCUT2D eigenvalue weighted by atomic mass is 35.5. The van der Waals surface area contributed by atoms with E-state index in [4.69, 9.17) is 37.9 Å². The van der Waals surface area contributed by atoms with Gasteiger partial charge in [0.1, 0.15) is 17.5 Å². The van der Waals surface area contributed by atoms with Gasteiger partial charge in [-0.25, -0.2) is 14.4 Å². The van der Waals surface area contributed by atoms with Gasteiger partial charge in [-0.15, -0.1) is 0 Å².